The summed E-state index contributed by atoms with van der Waals surface area (Å²) >= 11 is -0.826. The number of rotatable bonds is 2. The zero-order valence-corrected chi connectivity index (χ0v) is 28.5. The molecule has 4 unspecified atom stereocenters. The second-order valence-electron chi connectivity index (χ2n) is 13.2. The van der Waals surface area contributed by atoms with Crippen LogP contribution in [0.2, 0.25) is 24.2 Å². The van der Waals surface area contributed by atoms with Crippen molar-refractivity contribution in [1.82, 2.24) is 0 Å². The molecule has 0 aromatic carbocycles. The Bertz CT molecular complexity index is 736. The van der Waals surface area contributed by atoms with Crippen molar-refractivity contribution in [3.63, 3.8) is 0 Å². The summed E-state index contributed by atoms with van der Waals surface area (Å²) < 4.78 is 0. The van der Waals surface area contributed by atoms with Gasteiger partial charge in [0.05, 0.1) is 8.07 Å². The zero-order chi connectivity index (χ0) is 23.9. The van der Waals surface area contributed by atoms with Gasteiger partial charge in [0, 0.05) is 0 Å². The molecular formula is C30H50Cl2SiZr. The molecule has 0 amide bonds. The molecule has 2 fully saturated rings. The quantitative estimate of drug-likeness (QED) is 0.218. The van der Waals surface area contributed by atoms with Gasteiger partial charge in [0.15, 0.2) is 0 Å². The van der Waals surface area contributed by atoms with Gasteiger partial charge in [0.25, 0.3) is 0 Å². The summed E-state index contributed by atoms with van der Waals surface area (Å²) in [5.41, 5.74) is 5.56. The first-order valence-electron chi connectivity index (χ1n) is 12.6. The Morgan fingerprint density at radius 1 is 0.735 bits per heavy atom. The van der Waals surface area contributed by atoms with Gasteiger partial charge in [-0.2, -0.15) is 0 Å². The fourth-order valence-corrected chi connectivity index (χ4v) is 12.1. The van der Waals surface area contributed by atoms with Gasteiger partial charge in [0.1, 0.15) is 0 Å². The standard InChI is InChI=1S/C28H44Si.2CH3.2ClH.Zr/c1-27(2,3)19-13-15-22-23-16-14-20(28(4,5)6)18-25(23)26(24(22)17-19)29(7,8)21-11-9-10-12-21;;;;;/h13-18,21-26H,9-12H2,1-8H3;2*1H3;2*1H;/q;2*-1;;;+4/p-2. The van der Waals surface area contributed by atoms with Crippen LogP contribution in [0.3, 0.4) is 0 Å². The van der Waals surface area contributed by atoms with Crippen LogP contribution >= 0.6 is 17.0 Å². The summed E-state index contributed by atoms with van der Waals surface area (Å²) in [7, 11) is 8.48. The van der Waals surface area contributed by atoms with Gasteiger partial charge in [-0.3, -0.25) is 0 Å². The van der Waals surface area contributed by atoms with Crippen molar-refractivity contribution in [3.05, 3.63) is 62.5 Å². The van der Waals surface area contributed by atoms with Gasteiger partial charge in [-0.15, -0.1) is 0 Å². The van der Waals surface area contributed by atoms with Crippen LogP contribution in [-0.4, -0.2) is 8.07 Å². The van der Waals surface area contributed by atoms with E-state index in [0.717, 1.165) is 22.9 Å². The van der Waals surface area contributed by atoms with Gasteiger partial charge in [-0.1, -0.05) is 117 Å². The summed E-state index contributed by atoms with van der Waals surface area (Å²) in [5.74, 6) is 2.90. The monoisotopic (exact) mass is 598 g/mol. The first kappa shape index (κ1) is 32.7. The summed E-state index contributed by atoms with van der Waals surface area (Å²) in [4.78, 5) is 0. The molecule has 0 saturated heterocycles. The van der Waals surface area contributed by atoms with E-state index in [1.165, 1.54) is 25.7 Å². The Kier molecular flexibility index (Phi) is 12.0. The average Bonchev–Trinajstić information content (AvgIpc) is 3.33. The normalized spacial score (nSPS) is 30.5. The fraction of sp³-hybridized carbons (Fsp3) is 0.667. The number of hydrogen-bond donors (Lipinski definition) is 0. The third-order valence-corrected chi connectivity index (χ3v) is 14.1. The van der Waals surface area contributed by atoms with E-state index in [-0.39, 0.29) is 25.7 Å². The summed E-state index contributed by atoms with van der Waals surface area (Å²) in [6.07, 6.45) is 21.6. The molecule has 0 radical (unpaired) electrons. The van der Waals surface area contributed by atoms with Gasteiger partial charge in [0.2, 0.25) is 0 Å². The van der Waals surface area contributed by atoms with Crippen LogP contribution in [-0.2, 0) is 20.8 Å². The minimum atomic E-state index is -1.39. The Morgan fingerprint density at radius 3 is 1.41 bits per heavy atom. The van der Waals surface area contributed by atoms with Crippen LogP contribution < -0.4 is 0 Å². The van der Waals surface area contributed by atoms with Crippen LogP contribution in [0.25, 0.3) is 0 Å². The predicted molar refractivity (Wildman–Crippen MR) is 155 cm³/mol. The van der Waals surface area contributed by atoms with E-state index in [0.29, 0.717) is 11.8 Å². The summed E-state index contributed by atoms with van der Waals surface area (Å²) in [6, 6.07) is 0. The van der Waals surface area contributed by atoms with E-state index in [4.69, 9.17) is 17.0 Å². The molecule has 0 aromatic heterocycles. The van der Waals surface area contributed by atoms with Crippen molar-refractivity contribution in [2.24, 2.45) is 34.5 Å². The third-order valence-electron chi connectivity index (χ3n) is 8.90. The Morgan fingerprint density at radius 2 is 1.09 bits per heavy atom. The van der Waals surface area contributed by atoms with Crippen molar-refractivity contribution in [2.75, 3.05) is 0 Å². The molecule has 0 N–H and O–H groups in total. The van der Waals surface area contributed by atoms with Crippen molar-refractivity contribution in [1.29, 1.82) is 0 Å². The molecule has 4 atom stereocenters. The molecule has 2 saturated carbocycles. The van der Waals surface area contributed by atoms with Gasteiger partial charge >= 0.3 is 37.9 Å². The van der Waals surface area contributed by atoms with Gasteiger partial charge < -0.3 is 14.9 Å². The van der Waals surface area contributed by atoms with Crippen LogP contribution in [0, 0.1) is 49.4 Å². The second kappa shape index (κ2) is 12.5. The van der Waals surface area contributed by atoms with Crippen LogP contribution in [0.1, 0.15) is 67.2 Å². The van der Waals surface area contributed by atoms with E-state index in [2.05, 4.69) is 91.1 Å². The van der Waals surface area contributed by atoms with Gasteiger partial charge in [-0.25, -0.2) is 0 Å². The molecule has 192 valence electrons. The van der Waals surface area contributed by atoms with Crippen molar-refractivity contribution in [2.45, 2.75) is 91.4 Å². The maximum absolute atomic E-state index is 4.93. The fourth-order valence-electron chi connectivity index (χ4n) is 7.08. The number of fused-ring (bicyclic) bond motifs is 3. The maximum atomic E-state index is 4.93. The van der Waals surface area contributed by atoms with Gasteiger partial charge in [-0.05, 0) is 56.7 Å². The van der Waals surface area contributed by atoms with E-state index >= 15 is 0 Å². The van der Waals surface area contributed by atoms with Crippen molar-refractivity contribution >= 4 is 25.1 Å². The Labute approximate surface area is 232 Å². The summed E-state index contributed by atoms with van der Waals surface area (Å²) in [6.45, 7) is 19.8. The summed E-state index contributed by atoms with van der Waals surface area (Å²) in [5, 5.41) is 0. The van der Waals surface area contributed by atoms with E-state index in [1.807, 2.05) is 0 Å². The zero-order valence-electron chi connectivity index (χ0n) is 23.5. The SMILES string of the molecule is CC(C)(C)C1=CC2C(C=C1)C1C=CC(C(C)(C)C)=CC1C2[Si](C)(C)C1CCCC1.[CH3-].[CH3-].[Cl][Zr+2][Cl]. The molecule has 34 heavy (non-hydrogen) atoms. The van der Waals surface area contributed by atoms with Crippen molar-refractivity contribution < 1.29 is 20.8 Å². The number of allylic oxidation sites excluding steroid dienone is 8. The topological polar surface area (TPSA) is 0 Å². The first-order chi connectivity index (χ1) is 14.8. The molecule has 0 bridgehead atoms. The number of hydrogen-bond acceptors (Lipinski definition) is 0. The molecule has 4 aliphatic rings. The van der Waals surface area contributed by atoms with Crippen LogP contribution in [0.5, 0.6) is 0 Å². The first-order valence-corrected chi connectivity index (χ1v) is 22.1. The second-order valence-corrected chi connectivity index (χ2v) is 22.0. The third kappa shape index (κ3) is 6.74. The van der Waals surface area contributed by atoms with E-state index in [9.17, 15) is 0 Å². The predicted octanol–water partition coefficient (Wildman–Crippen LogP) is 10.8. The molecule has 0 aromatic rings. The number of halogens is 2. The molecule has 4 heteroatoms. The molecule has 0 spiro atoms. The molecule has 4 rings (SSSR count). The molecule has 0 heterocycles. The Balaban J connectivity index is 0.00000110. The van der Waals surface area contributed by atoms with Crippen LogP contribution in [0.15, 0.2) is 47.6 Å². The molecule has 0 aliphatic heterocycles. The van der Waals surface area contributed by atoms with E-state index in [1.54, 1.807) is 11.1 Å². The van der Waals surface area contributed by atoms with E-state index < -0.39 is 28.9 Å². The van der Waals surface area contributed by atoms with Crippen molar-refractivity contribution in [3.8, 4) is 0 Å². The Hall–Kier alpha value is 0.640. The average molecular weight is 601 g/mol. The molecule has 4 aliphatic carbocycles. The minimum absolute atomic E-state index is 0. The van der Waals surface area contributed by atoms with Crippen LogP contribution in [0.4, 0.5) is 0 Å². The molecule has 0 nitrogen and oxygen atoms in total. The molecular weight excluding hydrogens is 551 g/mol.